The highest BCUT2D eigenvalue weighted by Crippen LogP contribution is 2.14. The van der Waals surface area contributed by atoms with Crippen molar-refractivity contribution in [3.63, 3.8) is 0 Å². The Balaban J connectivity index is 2.17. The molecule has 0 aliphatic carbocycles. The van der Waals surface area contributed by atoms with Crippen LogP contribution in [0.15, 0.2) is 0 Å². The number of hydrogen-bond acceptors (Lipinski definition) is 7. The summed E-state index contributed by atoms with van der Waals surface area (Å²) in [7, 11) is 0. The fraction of sp³-hybridized carbons (Fsp3) is 0.636. The van der Waals surface area contributed by atoms with E-state index >= 15 is 0 Å². The first-order valence-electron chi connectivity index (χ1n) is 6.35. The minimum Gasteiger partial charge on any atom is -0.463 e. The summed E-state index contributed by atoms with van der Waals surface area (Å²) in [5.74, 6) is 0.434. The molecule has 1 aromatic heterocycles. The molecule has 0 bridgehead atoms. The lowest BCUT2D eigenvalue weighted by molar-refractivity contribution is -0.119. The normalized spacial score (nSPS) is 15.8. The zero-order valence-electron chi connectivity index (χ0n) is 10.9. The van der Waals surface area contributed by atoms with Crippen LogP contribution in [0.4, 0.5) is 11.9 Å². The third-order valence-electron chi connectivity index (χ3n) is 2.60. The number of amides is 1. The van der Waals surface area contributed by atoms with Crippen molar-refractivity contribution in [1.82, 2.24) is 20.3 Å². The molecular weight excluding hydrogens is 248 g/mol. The maximum Gasteiger partial charge on any atom is 0.323 e. The molecule has 0 saturated carbocycles. The van der Waals surface area contributed by atoms with Crippen LogP contribution in [0.1, 0.15) is 19.8 Å². The largest absolute Gasteiger partial charge is 0.463 e. The lowest BCUT2D eigenvalue weighted by atomic mass is 10.4. The second-order valence-corrected chi connectivity index (χ2v) is 4.25. The molecule has 2 rings (SSSR count). The van der Waals surface area contributed by atoms with Gasteiger partial charge in [-0.3, -0.25) is 4.79 Å². The number of carbonyl (C=O) groups excluding carboxylic acids is 1. The Hall–Kier alpha value is -2.12. The van der Waals surface area contributed by atoms with Crippen molar-refractivity contribution in [1.29, 1.82) is 0 Å². The van der Waals surface area contributed by atoms with Crippen LogP contribution in [-0.4, -0.2) is 47.1 Å². The molecule has 1 fully saturated rings. The number of hydrogen-bond donors (Lipinski definition) is 2. The van der Waals surface area contributed by atoms with Crippen molar-refractivity contribution in [3.05, 3.63) is 0 Å². The summed E-state index contributed by atoms with van der Waals surface area (Å²) in [5, 5.41) is 2.79. The van der Waals surface area contributed by atoms with E-state index in [4.69, 9.17) is 10.5 Å². The zero-order chi connectivity index (χ0) is 13.7. The molecule has 3 N–H and O–H groups in total. The summed E-state index contributed by atoms with van der Waals surface area (Å²) in [6, 6.07) is 0.203. The summed E-state index contributed by atoms with van der Waals surface area (Å²) < 4.78 is 5.36. The molecule has 19 heavy (non-hydrogen) atoms. The molecule has 104 valence electrons. The quantitative estimate of drug-likeness (QED) is 0.761. The van der Waals surface area contributed by atoms with Crippen LogP contribution in [-0.2, 0) is 4.79 Å². The lowest BCUT2D eigenvalue weighted by Crippen LogP contribution is -2.34. The van der Waals surface area contributed by atoms with Crippen molar-refractivity contribution < 1.29 is 9.53 Å². The van der Waals surface area contributed by atoms with E-state index in [9.17, 15) is 4.79 Å². The second-order valence-electron chi connectivity index (χ2n) is 4.25. The van der Waals surface area contributed by atoms with E-state index in [2.05, 4.69) is 20.3 Å². The van der Waals surface area contributed by atoms with Crippen LogP contribution < -0.4 is 20.7 Å². The van der Waals surface area contributed by atoms with E-state index in [0.717, 1.165) is 12.8 Å². The number of rotatable bonds is 4. The van der Waals surface area contributed by atoms with Crippen molar-refractivity contribution >= 4 is 17.8 Å². The lowest BCUT2D eigenvalue weighted by Gasteiger charge is -2.19. The molecule has 1 aliphatic rings. The average Bonchev–Trinajstić information content (AvgIpc) is 2.60. The van der Waals surface area contributed by atoms with Gasteiger partial charge in [0.05, 0.1) is 13.2 Å². The monoisotopic (exact) mass is 266 g/mol. The summed E-state index contributed by atoms with van der Waals surface area (Å²) in [4.78, 5) is 25.5. The van der Waals surface area contributed by atoms with Crippen LogP contribution in [0.5, 0.6) is 6.01 Å². The standard InChI is InChI=1S/C11H18N6O2/c1-2-6-19-11-15-9(12)14-10(16-11)17-5-3-4-13-8(18)7-17/h2-7H2,1H3,(H,13,18)(H2,12,14,15,16). The second kappa shape index (κ2) is 6.17. The molecule has 0 aromatic carbocycles. The fourth-order valence-corrected chi connectivity index (χ4v) is 1.74. The topological polar surface area (TPSA) is 106 Å². The van der Waals surface area contributed by atoms with Crippen molar-refractivity contribution in [3.8, 4) is 6.01 Å². The van der Waals surface area contributed by atoms with E-state index in [-0.39, 0.29) is 24.4 Å². The number of nitrogens with two attached hydrogens (primary N) is 1. The van der Waals surface area contributed by atoms with Gasteiger partial charge in [-0.1, -0.05) is 6.92 Å². The van der Waals surface area contributed by atoms with E-state index in [1.54, 1.807) is 4.90 Å². The Morgan fingerprint density at radius 2 is 2.26 bits per heavy atom. The highest BCUT2D eigenvalue weighted by Gasteiger charge is 2.18. The zero-order valence-corrected chi connectivity index (χ0v) is 10.9. The number of ether oxygens (including phenoxy) is 1. The Kier molecular flexibility index (Phi) is 4.32. The van der Waals surface area contributed by atoms with Gasteiger partial charge < -0.3 is 20.7 Å². The van der Waals surface area contributed by atoms with Gasteiger partial charge in [-0.05, 0) is 12.8 Å². The van der Waals surface area contributed by atoms with Crippen molar-refractivity contribution in [2.24, 2.45) is 0 Å². The molecule has 0 atom stereocenters. The van der Waals surface area contributed by atoms with E-state index in [1.807, 2.05) is 6.92 Å². The van der Waals surface area contributed by atoms with Crippen LogP contribution in [0, 0.1) is 0 Å². The smallest absolute Gasteiger partial charge is 0.323 e. The Labute approximate surface area is 111 Å². The molecule has 1 aromatic rings. The van der Waals surface area contributed by atoms with Crippen LogP contribution in [0.25, 0.3) is 0 Å². The minimum absolute atomic E-state index is 0.0486. The highest BCUT2D eigenvalue weighted by molar-refractivity contribution is 5.81. The van der Waals surface area contributed by atoms with Crippen LogP contribution in [0.2, 0.25) is 0 Å². The molecular formula is C11H18N6O2. The summed E-state index contributed by atoms with van der Waals surface area (Å²) in [6.45, 7) is 4.08. The van der Waals surface area contributed by atoms with E-state index in [1.165, 1.54) is 0 Å². The third-order valence-corrected chi connectivity index (χ3v) is 2.60. The first-order valence-corrected chi connectivity index (χ1v) is 6.35. The number of anilines is 2. The van der Waals surface area contributed by atoms with Crippen LogP contribution in [0.3, 0.4) is 0 Å². The van der Waals surface area contributed by atoms with Crippen molar-refractivity contribution in [2.45, 2.75) is 19.8 Å². The predicted octanol–water partition coefficient (Wildman–Crippen LogP) is -0.431. The number of carbonyl (C=O) groups is 1. The highest BCUT2D eigenvalue weighted by atomic mass is 16.5. The van der Waals surface area contributed by atoms with Gasteiger partial charge in [0, 0.05) is 13.1 Å². The number of nitrogens with one attached hydrogen (secondary N) is 1. The number of nitrogens with zero attached hydrogens (tertiary/aromatic N) is 4. The molecule has 1 amide bonds. The van der Waals surface area contributed by atoms with Gasteiger partial charge >= 0.3 is 6.01 Å². The number of aromatic nitrogens is 3. The predicted molar refractivity (Wildman–Crippen MR) is 69.9 cm³/mol. The third kappa shape index (κ3) is 3.67. The molecule has 1 aliphatic heterocycles. The van der Waals surface area contributed by atoms with Gasteiger partial charge in [0.25, 0.3) is 0 Å². The molecule has 0 unspecified atom stereocenters. The first-order chi connectivity index (χ1) is 9.19. The number of nitrogen functional groups attached to an aromatic ring is 1. The first kappa shape index (κ1) is 13.3. The summed E-state index contributed by atoms with van der Waals surface area (Å²) in [5.41, 5.74) is 5.64. The van der Waals surface area contributed by atoms with E-state index in [0.29, 0.717) is 25.6 Å². The average molecular weight is 266 g/mol. The molecule has 0 spiro atoms. The van der Waals surface area contributed by atoms with Crippen molar-refractivity contribution in [2.75, 3.05) is 36.9 Å². The van der Waals surface area contributed by atoms with Gasteiger partial charge in [-0.15, -0.1) is 0 Å². The molecule has 2 heterocycles. The maximum absolute atomic E-state index is 11.5. The Morgan fingerprint density at radius 3 is 3.05 bits per heavy atom. The van der Waals surface area contributed by atoms with Gasteiger partial charge in [0.15, 0.2) is 0 Å². The minimum atomic E-state index is -0.0486. The van der Waals surface area contributed by atoms with Crippen LogP contribution >= 0.6 is 0 Å². The molecule has 8 nitrogen and oxygen atoms in total. The SMILES string of the molecule is CCCOc1nc(N)nc(N2CCCNC(=O)C2)n1. The van der Waals surface area contributed by atoms with Gasteiger partial charge in [-0.2, -0.15) is 15.0 Å². The Bertz CT molecular complexity index is 453. The molecule has 0 radical (unpaired) electrons. The molecule has 1 saturated heterocycles. The summed E-state index contributed by atoms with van der Waals surface area (Å²) in [6.07, 6.45) is 1.69. The van der Waals surface area contributed by atoms with Gasteiger partial charge in [-0.25, -0.2) is 0 Å². The Morgan fingerprint density at radius 1 is 1.42 bits per heavy atom. The fourth-order valence-electron chi connectivity index (χ4n) is 1.74. The molecule has 8 heteroatoms. The van der Waals surface area contributed by atoms with Gasteiger partial charge in [0.2, 0.25) is 17.8 Å². The maximum atomic E-state index is 11.5. The van der Waals surface area contributed by atoms with Gasteiger partial charge in [0.1, 0.15) is 0 Å². The van der Waals surface area contributed by atoms with E-state index < -0.39 is 0 Å². The summed E-state index contributed by atoms with van der Waals surface area (Å²) >= 11 is 0.